The number of amides is 2. The molecule has 0 aliphatic carbocycles. The minimum Gasteiger partial charge on any atom is -0.406 e. The van der Waals surface area contributed by atoms with Crippen molar-refractivity contribution in [1.82, 2.24) is 10.2 Å². The molecular formula is C16H22F3N3O3. The summed E-state index contributed by atoms with van der Waals surface area (Å²) in [6.07, 6.45) is -4.76. The predicted octanol–water partition coefficient (Wildman–Crippen LogP) is 2.37. The number of likely N-dealkylation sites (N-methyl/N-ethyl adjacent to an activating group) is 1. The van der Waals surface area contributed by atoms with Gasteiger partial charge in [0, 0.05) is 11.7 Å². The highest BCUT2D eigenvalue weighted by molar-refractivity contribution is 5.92. The van der Waals surface area contributed by atoms with Crippen molar-refractivity contribution in [2.45, 2.75) is 39.2 Å². The molecule has 0 bridgehead atoms. The zero-order chi connectivity index (χ0) is 19.2. The van der Waals surface area contributed by atoms with Crippen LogP contribution in [0.5, 0.6) is 5.75 Å². The van der Waals surface area contributed by atoms with Crippen LogP contribution in [-0.2, 0) is 9.59 Å². The molecule has 0 aromatic heterocycles. The van der Waals surface area contributed by atoms with Gasteiger partial charge in [-0.05, 0) is 52.1 Å². The van der Waals surface area contributed by atoms with Gasteiger partial charge in [0.05, 0.1) is 12.6 Å². The van der Waals surface area contributed by atoms with E-state index < -0.39 is 18.3 Å². The Kier molecular flexibility index (Phi) is 7.22. The van der Waals surface area contributed by atoms with Gasteiger partial charge >= 0.3 is 6.36 Å². The smallest absolute Gasteiger partial charge is 0.406 e. The number of alkyl halides is 3. The first kappa shape index (κ1) is 20.8. The quantitative estimate of drug-likeness (QED) is 0.782. The molecule has 1 atom stereocenters. The van der Waals surface area contributed by atoms with E-state index in [0.29, 0.717) is 5.69 Å². The fourth-order valence-corrected chi connectivity index (χ4v) is 1.91. The van der Waals surface area contributed by atoms with E-state index in [0.717, 1.165) is 12.1 Å². The van der Waals surface area contributed by atoms with E-state index in [1.807, 2.05) is 13.8 Å². The molecular weight excluding hydrogens is 339 g/mol. The molecule has 9 heteroatoms. The second-order valence-electron chi connectivity index (χ2n) is 5.87. The monoisotopic (exact) mass is 361 g/mol. The molecule has 0 unspecified atom stereocenters. The highest BCUT2D eigenvalue weighted by Gasteiger charge is 2.31. The summed E-state index contributed by atoms with van der Waals surface area (Å²) in [5.74, 6) is -0.961. The number of rotatable bonds is 7. The maximum absolute atomic E-state index is 12.1. The number of hydrogen-bond acceptors (Lipinski definition) is 4. The second kappa shape index (κ2) is 8.70. The second-order valence-corrected chi connectivity index (χ2v) is 5.87. The van der Waals surface area contributed by atoms with Crippen molar-refractivity contribution in [1.29, 1.82) is 0 Å². The molecule has 0 aliphatic heterocycles. The third kappa shape index (κ3) is 7.88. The van der Waals surface area contributed by atoms with Crippen LogP contribution in [0.1, 0.15) is 20.8 Å². The number of hydrogen-bond donors (Lipinski definition) is 2. The molecule has 2 amide bonds. The molecule has 1 rings (SSSR count). The number of nitrogens with zero attached hydrogens (tertiary/aromatic N) is 1. The highest BCUT2D eigenvalue weighted by atomic mass is 19.4. The number of halogens is 3. The third-order valence-electron chi connectivity index (χ3n) is 3.24. The van der Waals surface area contributed by atoms with Crippen molar-refractivity contribution < 1.29 is 27.5 Å². The van der Waals surface area contributed by atoms with E-state index in [-0.39, 0.29) is 24.2 Å². The molecule has 0 heterocycles. The first-order chi connectivity index (χ1) is 11.5. The Morgan fingerprint density at radius 1 is 1.16 bits per heavy atom. The maximum atomic E-state index is 12.1. The van der Waals surface area contributed by atoms with E-state index in [1.165, 1.54) is 12.1 Å². The summed E-state index contributed by atoms with van der Waals surface area (Å²) in [7, 11) is 1.63. The molecule has 140 valence electrons. The number of nitrogens with one attached hydrogen (secondary N) is 2. The van der Waals surface area contributed by atoms with Gasteiger partial charge in [-0.25, -0.2) is 0 Å². The molecule has 0 aliphatic rings. The van der Waals surface area contributed by atoms with Crippen LogP contribution >= 0.6 is 0 Å². The Balaban J connectivity index is 2.54. The van der Waals surface area contributed by atoms with E-state index in [1.54, 1.807) is 18.9 Å². The van der Waals surface area contributed by atoms with Gasteiger partial charge in [0.15, 0.2) is 0 Å². The van der Waals surface area contributed by atoms with Crippen LogP contribution in [0.2, 0.25) is 0 Å². The average molecular weight is 361 g/mol. The standard InChI is InChI=1S/C16H22F3N3O3/c1-10(2)20-15(24)11(3)22(4)9-14(23)21-12-5-7-13(8-6-12)25-16(17,18)19/h5-8,10-11H,9H2,1-4H3,(H,20,24)(H,21,23)/t11-/m0/s1. The van der Waals surface area contributed by atoms with E-state index in [9.17, 15) is 22.8 Å². The Morgan fingerprint density at radius 2 is 1.72 bits per heavy atom. The highest BCUT2D eigenvalue weighted by Crippen LogP contribution is 2.23. The molecule has 0 saturated heterocycles. The summed E-state index contributed by atoms with van der Waals surface area (Å²) in [5, 5.41) is 5.30. The van der Waals surface area contributed by atoms with E-state index in [4.69, 9.17) is 0 Å². The fourth-order valence-electron chi connectivity index (χ4n) is 1.91. The largest absolute Gasteiger partial charge is 0.573 e. The molecule has 1 aromatic carbocycles. The fraction of sp³-hybridized carbons (Fsp3) is 0.500. The van der Waals surface area contributed by atoms with Gasteiger partial charge in [-0.3, -0.25) is 14.5 Å². The van der Waals surface area contributed by atoms with Crippen LogP contribution in [0.4, 0.5) is 18.9 Å². The maximum Gasteiger partial charge on any atom is 0.573 e. The molecule has 2 N–H and O–H groups in total. The summed E-state index contributed by atoms with van der Waals surface area (Å²) in [6.45, 7) is 5.30. The number of carbonyl (C=O) groups excluding carboxylic acids is 2. The van der Waals surface area contributed by atoms with Crippen LogP contribution in [0.15, 0.2) is 24.3 Å². The first-order valence-electron chi connectivity index (χ1n) is 7.64. The lowest BCUT2D eigenvalue weighted by Crippen LogP contribution is -2.47. The summed E-state index contributed by atoms with van der Waals surface area (Å²) in [5.41, 5.74) is 0.326. The van der Waals surface area contributed by atoms with Crippen molar-refractivity contribution >= 4 is 17.5 Å². The lowest BCUT2D eigenvalue weighted by molar-refractivity contribution is -0.274. The predicted molar refractivity (Wildman–Crippen MR) is 87.1 cm³/mol. The van der Waals surface area contributed by atoms with E-state index in [2.05, 4.69) is 15.4 Å². The minimum atomic E-state index is -4.76. The Hall–Kier alpha value is -2.29. The Morgan fingerprint density at radius 3 is 2.20 bits per heavy atom. The van der Waals surface area contributed by atoms with Gasteiger partial charge in [-0.2, -0.15) is 0 Å². The van der Waals surface area contributed by atoms with Crippen LogP contribution in [0.3, 0.4) is 0 Å². The van der Waals surface area contributed by atoms with Gasteiger partial charge in [-0.1, -0.05) is 0 Å². The summed E-state index contributed by atoms with van der Waals surface area (Å²) in [4.78, 5) is 25.4. The zero-order valence-corrected chi connectivity index (χ0v) is 14.5. The lowest BCUT2D eigenvalue weighted by Gasteiger charge is -2.24. The van der Waals surface area contributed by atoms with Crippen molar-refractivity contribution in [3.63, 3.8) is 0 Å². The molecule has 6 nitrogen and oxygen atoms in total. The minimum absolute atomic E-state index is 0.00499. The lowest BCUT2D eigenvalue weighted by atomic mass is 10.2. The van der Waals surface area contributed by atoms with Crippen molar-refractivity contribution in [3.8, 4) is 5.75 Å². The van der Waals surface area contributed by atoms with Crippen LogP contribution in [0.25, 0.3) is 0 Å². The third-order valence-corrected chi connectivity index (χ3v) is 3.24. The Bertz CT molecular complexity index is 589. The first-order valence-corrected chi connectivity index (χ1v) is 7.64. The number of benzene rings is 1. The van der Waals surface area contributed by atoms with Crippen molar-refractivity contribution in [2.24, 2.45) is 0 Å². The average Bonchev–Trinajstić information content (AvgIpc) is 2.46. The van der Waals surface area contributed by atoms with Gasteiger partial charge in [-0.15, -0.1) is 13.2 Å². The molecule has 0 spiro atoms. The van der Waals surface area contributed by atoms with Crippen LogP contribution in [0, 0.1) is 0 Å². The number of anilines is 1. The van der Waals surface area contributed by atoms with E-state index >= 15 is 0 Å². The molecule has 25 heavy (non-hydrogen) atoms. The summed E-state index contributed by atoms with van der Waals surface area (Å²) >= 11 is 0. The summed E-state index contributed by atoms with van der Waals surface area (Å²) in [6, 6.07) is 4.30. The summed E-state index contributed by atoms with van der Waals surface area (Å²) < 4.78 is 40.0. The number of carbonyl (C=O) groups is 2. The molecule has 0 fully saturated rings. The normalized spacial score (nSPS) is 12.8. The topological polar surface area (TPSA) is 70.7 Å². The molecule has 0 saturated carbocycles. The van der Waals surface area contributed by atoms with Gasteiger partial charge in [0.25, 0.3) is 0 Å². The van der Waals surface area contributed by atoms with Gasteiger partial charge in [0.1, 0.15) is 5.75 Å². The van der Waals surface area contributed by atoms with Crippen molar-refractivity contribution in [3.05, 3.63) is 24.3 Å². The molecule has 0 radical (unpaired) electrons. The van der Waals surface area contributed by atoms with Gasteiger partial charge in [0.2, 0.25) is 11.8 Å². The SMILES string of the molecule is CC(C)NC(=O)[C@H](C)N(C)CC(=O)Nc1ccc(OC(F)(F)F)cc1. The number of ether oxygens (including phenoxy) is 1. The zero-order valence-electron chi connectivity index (χ0n) is 14.5. The Labute approximate surface area is 144 Å². The van der Waals surface area contributed by atoms with Crippen LogP contribution in [-0.4, -0.2) is 48.8 Å². The van der Waals surface area contributed by atoms with Gasteiger partial charge < -0.3 is 15.4 Å². The van der Waals surface area contributed by atoms with Crippen LogP contribution < -0.4 is 15.4 Å². The molecule has 1 aromatic rings. The van der Waals surface area contributed by atoms with Crippen molar-refractivity contribution in [2.75, 3.05) is 18.9 Å².